The summed E-state index contributed by atoms with van der Waals surface area (Å²) in [6.45, 7) is 8.60. The van der Waals surface area contributed by atoms with Gasteiger partial charge >= 0.3 is 0 Å². The van der Waals surface area contributed by atoms with E-state index < -0.39 is 0 Å². The molecule has 0 aliphatic rings. The summed E-state index contributed by atoms with van der Waals surface area (Å²) in [5.74, 6) is 0. The third-order valence-corrected chi connectivity index (χ3v) is 3.63. The standard InChI is InChI=1S/C15H19N3S/c1-11-10-19-14(17-11)18-16-9-12-5-7-13(8-6-12)15(2,3)4/h5-10H,1-4H3,(H,17,18). The van der Waals surface area contributed by atoms with Gasteiger partial charge in [-0.1, -0.05) is 45.0 Å². The Morgan fingerprint density at radius 3 is 2.42 bits per heavy atom. The molecule has 0 saturated carbocycles. The zero-order valence-electron chi connectivity index (χ0n) is 11.8. The van der Waals surface area contributed by atoms with Crippen LogP contribution in [0.3, 0.4) is 0 Å². The first-order valence-corrected chi connectivity index (χ1v) is 7.15. The van der Waals surface area contributed by atoms with Gasteiger partial charge in [0, 0.05) is 5.38 Å². The molecule has 0 saturated heterocycles. The van der Waals surface area contributed by atoms with Gasteiger partial charge in [-0.15, -0.1) is 11.3 Å². The van der Waals surface area contributed by atoms with E-state index in [4.69, 9.17) is 0 Å². The first-order valence-electron chi connectivity index (χ1n) is 6.27. The molecule has 0 bridgehead atoms. The molecule has 1 N–H and O–H groups in total. The van der Waals surface area contributed by atoms with Gasteiger partial charge in [0.2, 0.25) is 5.13 Å². The van der Waals surface area contributed by atoms with Crippen LogP contribution >= 0.6 is 11.3 Å². The molecule has 0 unspecified atom stereocenters. The molecule has 0 aliphatic carbocycles. The topological polar surface area (TPSA) is 37.3 Å². The zero-order valence-corrected chi connectivity index (χ0v) is 12.6. The van der Waals surface area contributed by atoms with Crippen LogP contribution in [0.25, 0.3) is 0 Å². The molecule has 19 heavy (non-hydrogen) atoms. The van der Waals surface area contributed by atoms with Crippen LogP contribution < -0.4 is 5.43 Å². The molecular formula is C15H19N3S. The molecule has 1 aromatic heterocycles. The molecule has 2 aromatic rings. The Bertz CT molecular complexity index is 562. The number of thiazole rings is 1. The van der Waals surface area contributed by atoms with Gasteiger partial charge in [0.15, 0.2) is 0 Å². The number of aryl methyl sites for hydroxylation is 1. The minimum Gasteiger partial charge on any atom is -0.253 e. The van der Waals surface area contributed by atoms with E-state index in [2.05, 4.69) is 60.5 Å². The van der Waals surface area contributed by atoms with Crippen molar-refractivity contribution in [3.63, 3.8) is 0 Å². The minimum atomic E-state index is 0.187. The van der Waals surface area contributed by atoms with E-state index in [0.29, 0.717) is 0 Å². The maximum Gasteiger partial charge on any atom is 0.203 e. The van der Waals surface area contributed by atoms with E-state index in [1.807, 2.05) is 18.5 Å². The Hall–Kier alpha value is -1.68. The van der Waals surface area contributed by atoms with E-state index in [0.717, 1.165) is 16.4 Å². The van der Waals surface area contributed by atoms with Crippen molar-refractivity contribution in [2.24, 2.45) is 5.10 Å². The first-order chi connectivity index (χ1) is 8.95. The molecule has 0 fully saturated rings. The molecule has 0 amide bonds. The Morgan fingerprint density at radius 1 is 1.21 bits per heavy atom. The second-order valence-electron chi connectivity index (χ2n) is 5.54. The number of rotatable bonds is 3. The Morgan fingerprint density at radius 2 is 1.89 bits per heavy atom. The zero-order chi connectivity index (χ0) is 13.9. The third kappa shape index (κ3) is 3.89. The van der Waals surface area contributed by atoms with Crippen LogP contribution in [0.5, 0.6) is 0 Å². The van der Waals surface area contributed by atoms with Gasteiger partial charge in [-0.3, -0.25) is 5.43 Å². The molecule has 1 aromatic carbocycles. The summed E-state index contributed by atoms with van der Waals surface area (Å²) in [4.78, 5) is 4.28. The number of nitrogens with zero attached hydrogens (tertiary/aromatic N) is 2. The minimum absolute atomic E-state index is 0.187. The molecule has 3 nitrogen and oxygen atoms in total. The van der Waals surface area contributed by atoms with Gasteiger partial charge in [0.05, 0.1) is 11.9 Å². The Balaban J connectivity index is 1.99. The van der Waals surface area contributed by atoms with Crippen molar-refractivity contribution in [1.29, 1.82) is 0 Å². The van der Waals surface area contributed by atoms with Crippen LogP contribution in [0.15, 0.2) is 34.7 Å². The summed E-state index contributed by atoms with van der Waals surface area (Å²) >= 11 is 1.55. The van der Waals surface area contributed by atoms with Crippen LogP contribution in [-0.2, 0) is 5.41 Å². The number of hydrazone groups is 1. The maximum absolute atomic E-state index is 4.28. The number of hydrogen-bond donors (Lipinski definition) is 1. The Kier molecular flexibility index (Phi) is 4.00. The van der Waals surface area contributed by atoms with E-state index in [1.54, 1.807) is 11.3 Å². The van der Waals surface area contributed by atoms with Crippen molar-refractivity contribution >= 4 is 22.7 Å². The average molecular weight is 273 g/mol. The molecule has 4 heteroatoms. The highest BCUT2D eigenvalue weighted by atomic mass is 32.1. The number of hydrogen-bond acceptors (Lipinski definition) is 4. The van der Waals surface area contributed by atoms with E-state index in [-0.39, 0.29) is 5.41 Å². The maximum atomic E-state index is 4.28. The lowest BCUT2D eigenvalue weighted by Crippen LogP contribution is -2.10. The van der Waals surface area contributed by atoms with Crippen LogP contribution in [-0.4, -0.2) is 11.2 Å². The molecule has 2 rings (SSSR count). The smallest absolute Gasteiger partial charge is 0.203 e. The molecule has 0 aliphatic heterocycles. The Labute approximate surface area is 118 Å². The van der Waals surface area contributed by atoms with Gasteiger partial charge in [-0.25, -0.2) is 4.98 Å². The number of anilines is 1. The van der Waals surface area contributed by atoms with Gasteiger partial charge < -0.3 is 0 Å². The van der Waals surface area contributed by atoms with E-state index in [1.165, 1.54) is 5.56 Å². The largest absolute Gasteiger partial charge is 0.253 e. The summed E-state index contributed by atoms with van der Waals surface area (Å²) in [7, 11) is 0. The van der Waals surface area contributed by atoms with Crippen LogP contribution in [0.2, 0.25) is 0 Å². The average Bonchev–Trinajstić information content (AvgIpc) is 2.75. The summed E-state index contributed by atoms with van der Waals surface area (Å²) in [6, 6.07) is 8.46. The van der Waals surface area contributed by atoms with Gasteiger partial charge in [-0.05, 0) is 23.5 Å². The fraction of sp³-hybridized carbons (Fsp3) is 0.333. The summed E-state index contributed by atoms with van der Waals surface area (Å²) in [5.41, 5.74) is 6.54. The molecule has 0 radical (unpaired) electrons. The summed E-state index contributed by atoms with van der Waals surface area (Å²) in [5, 5.41) is 7.01. The normalized spacial score (nSPS) is 12.0. The highest BCUT2D eigenvalue weighted by molar-refractivity contribution is 7.13. The van der Waals surface area contributed by atoms with Crippen molar-refractivity contribution in [1.82, 2.24) is 4.98 Å². The van der Waals surface area contributed by atoms with Crippen molar-refractivity contribution in [3.8, 4) is 0 Å². The fourth-order valence-electron chi connectivity index (χ4n) is 1.64. The monoisotopic (exact) mass is 273 g/mol. The second kappa shape index (κ2) is 5.53. The van der Waals surface area contributed by atoms with Crippen LogP contribution in [0.4, 0.5) is 5.13 Å². The summed E-state index contributed by atoms with van der Waals surface area (Å²) < 4.78 is 0. The van der Waals surface area contributed by atoms with Crippen molar-refractivity contribution in [2.45, 2.75) is 33.1 Å². The highest BCUT2D eigenvalue weighted by Crippen LogP contribution is 2.21. The quantitative estimate of drug-likeness (QED) is 0.672. The number of nitrogens with one attached hydrogen (secondary N) is 1. The summed E-state index contributed by atoms with van der Waals surface area (Å²) in [6.07, 6.45) is 1.81. The lowest BCUT2D eigenvalue weighted by molar-refractivity contribution is 0.590. The predicted molar refractivity (Wildman–Crippen MR) is 83.2 cm³/mol. The molecule has 100 valence electrons. The van der Waals surface area contributed by atoms with Gasteiger partial charge in [0.1, 0.15) is 0 Å². The van der Waals surface area contributed by atoms with Gasteiger partial charge in [0.25, 0.3) is 0 Å². The second-order valence-corrected chi connectivity index (χ2v) is 6.39. The number of aromatic nitrogens is 1. The van der Waals surface area contributed by atoms with E-state index in [9.17, 15) is 0 Å². The number of benzene rings is 1. The molecular weight excluding hydrogens is 254 g/mol. The first kappa shape index (κ1) is 13.7. The van der Waals surface area contributed by atoms with Crippen LogP contribution in [0.1, 0.15) is 37.6 Å². The van der Waals surface area contributed by atoms with Crippen LogP contribution in [0, 0.1) is 6.92 Å². The predicted octanol–water partition coefficient (Wildman–Crippen LogP) is 4.20. The highest BCUT2D eigenvalue weighted by Gasteiger charge is 2.12. The molecule has 0 spiro atoms. The lowest BCUT2D eigenvalue weighted by atomic mass is 9.87. The SMILES string of the molecule is Cc1csc(NN=Cc2ccc(C(C)(C)C)cc2)n1. The molecule has 1 heterocycles. The van der Waals surface area contributed by atoms with Gasteiger partial charge in [-0.2, -0.15) is 5.10 Å². The third-order valence-electron chi connectivity index (χ3n) is 2.77. The fourth-order valence-corrected chi connectivity index (χ4v) is 2.27. The van der Waals surface area contributed by atoms with E-state index >= 15 is 0 Å². The molecule has 0 atom stereocenters. The van der Waals surface area contributed by atoms with Crippen molar-refractivity contribution < 1.29 is 0 Å². The lowest BCUT2D eigenvalue weighted by Gasteiger charge is -2.18. The van der Waals surface area contributed by atoms with Crippen molar-refractivity contribution in [3.05, 3.63) is 46.5 Å². The van der Waals surface area contributed by atoms with Crippen molar-refractivity contribution in [2.75, 3.05) is 5.43 Å².